The van der Waals surface area contributed by atoms with Crippen LogP contribution in [0.4, 0.5) is 4.39 Å². The lowest BCUT2D eigenvalue weighted by molar-refractivity contribution is 0.611. The third-order valence-corrected chi connectivity index (χ3v) is 4.54. The summed E-state index contributed by atoms with van der Waals surface area (Å²) in [5, 5.41) is 0. The normalized spacial score (nSPS) is 22.6. The van der Waals surface area contributed by atoms with Crippen LogP contribution in [-0.2, 0) is 0 Å². The molecule has 1 N–H and O–H groups in total. The lowest BCUT2D eigenvalue weighted by atomic mass is 10.2. The van der Waals surface area contributed by atoms with E-state index in [1.54, 1.807) is 0 Å². The van der Waals surface area contributed by atoms with Crippen molar-refractivity contribution < 1.29 is 4.39 Å². The van der Waals surface area contributed by atoms with Gasteiger partial charge in [-0.05, 0) is 53.0 Å². The highest BCUT2D eigenvalue weighted by Gasteiger charge is 2.38. The molecule has 1 aromatic carbocycles. The van der Waals surface area contributed by atoms with Crippen LogP contribution in [0.1, 0.15) is 32.2 Å². The van der Waals surface area contributed by atoms with Gasteiger partial charge in [-0.2, -0.15) is 0 Å². The molecule has 1 fully saturated rings. The standard InChI is InChI=1S/C13H14BrFN2S/c1-2-3-7-4-11(7)17-12-5-8(14)9(15)6-10(12)16-13(17)18/h5-7,11H,2-4H2,1H3,(H,16,18). The van der Waals surface area contributed by atoms with Crippen molar-refractivity contribution >= 4 is 39.2 Å². The number of aromatic amines is 1. The minimum atomic E-state index is -0.258. The molecule has 0 radical (unpaired) electrons. The zero-order chi connectivity index (χ0) is 12.9. The molecule has 1 aliphatic carbocycles. The van der Waals surface area contributed by atoms with Crippen molar-refractivity contribution in [2.24, 2.45) is 5.92 Å². The predicted molar refractivity (Wildman–Crippen MR) is 76.8 cm³/mol. The highest BCUT2D eigenvalue weighted by molar-refractivity contribution is 9.10. The van der Waals surface area contributed by atoms with Crippen LogP contribution in [-0.4, -0.2) is 9.55 Å². The number of hydrogen-bond acceptors (Lipinski definition) is 1. The molecule has 18 heavy (non-hydrogen) atoms. The number of aromatic nitrogens is 2. The highest BCUT2D eigenvalue weighted by Crippen LogP contribution is 2.48. The van der Waals surface area contributed by atoms with Gasteiger partial charge in [-0.25, -0.2) is 4.39 Å². The van der Waals surface area contributed by atoms with Crippen molar-refractivity contribution in [3.8, 4) is 0 Å². The van der Waals surface area contributed by atoms with Crippen molar-refractivity contribution in [2.45, 2.75) is 32.2 Å². The van der Waals surface area contributed by atoms with Gasteiger partial charge in [0.25, 0.3) is 0 Å². The molecule has 2 unspecified atom stereocenters. The Morgan fingerprint density at radius 2 is 2.33 bits per heavy atom. The third-order valence-electron chi connectivity index (χ3n) is 3.63. The molecule has 3 rings (SSSR count). The molecule has 0 amide bonds. The molecule has 1 aromatic heterocycles. The van der Waals surface area contributed by atoms with E-state index in [2.05, 4.69) is 32.4 Å². The van der Waals surface area contributed by atoms with Crippen LogP contribution in [0, 0.1) is 16.5 Å². The van der Waals surface area contributed by atoms with E-state index in [-0.39, 0.29) is 5.82 Å². The van der Waals surface area contributed by atoms with E-state index in [0.717, 1.165) is 17.0 Å². The van der Waals surface area contributed by atoms with Gasteiger partial charge in [0.05, 0.1) is 15.5 Å². The van der Waals surface area contributed by atoms with Crippen molar-refractivity contribution in [2.75, 3.05) is 0 Å². The van der Waals surface area contributed by atoms with Gasteiger partial charge in [0, 0.05) is 12.1 Å². The zero-order valence-electron chi connectivity index (χ0n) is 10.0. The van der Waals surface area contributed by atoms with E-state index in [1.165, 1.54) is 25.3 Å². The number of hydrogen-bond donors (Lipinski definition) is 1. The van der Waals surface area contributed by atoms with Gasteiger partial charge in [0.2, 0.25) is 0 Å². The maximum atomic E-state index is 13.5. The second kappa shape index (κ2) is 4.46. The van der Waals surface area contributed by atoms with Crippen molar-refractivity contribution in [1.82, 2.24) is 9.55 Å². The highest BCUT2D eigenvalue weighted by atomic mass is 79.9. The van der Waals surface area contributed by atoms with Gasteiger partial charge in [-0.1, -0.05) is 13.3 Å². The molecule has 0 bridgehead atoms. The molecule has 1 saturated carbocycles. The first kappa shape index (κ1) is 12.4. The number of halogens is 2. The van der Waals surface area contributed by atoms with Crippen LogP contribution >= 0.6 is 28.1 Å². The Labute approximate surface area is 118 Å². The van der Waals surface area contributed by atoms with Gasteiger partial charge >= 0.3 is 0 Å². The smallest absolute Gasteiger partial charge is 0.178 e. The van der Waals surface area contributed by atoms with Crippen LogP contribution in [0.3, 0.4) is 0 Å². The molecule has 1 heterocycles. The van der Waals surface area contributed by atoms with Crippen LogP contribution in [0.2, 0.25) is 0 Å². The van der Waals surface area contributed by atoms with Gasteiger partial charge in [0.1, 0.15) is 5.82 Å². The minimum absolute atomic E-state index is 0.258. The second-order valence-corrected chi connectivity index (χ2v) is 6.18. The van der Waals surface area contributed by atoms with Crippen molar-refractivity contribution in [3.63, 3.8) is 0 Å². The fourth-order valence-corrected chi connectivity index (χ4v) is 3.35. The Bertz CT molecular complexity index is 661. The Morgan fingerprint density at radius 3 is 3.06 bits per heavy atom. The molecular formula is C13H14BrFN2S. The lowest BCUT2D eigenvalue weighted by Crippen LogP contribution is -1.96. The van der Waals surface area contributed by atoms with E-state index in [9.17, 15) is 4.39 Å². The number of rotatable bonds is 3. The van der Waals surface area contributed by atoms with Crippen LogP contribution in [0.15, 0.2) is 16.6 Å². The summed E-state index contributed by atoms with van der Waals surface area (Å²) in [4.78, 5) is 3.10. The summed E-state index contributed by atoms with van der Waals surface area (Å²) < 4.78 is 16.8. The van der Waals surface area contributed by atoms with Crippen molar-refractivity contribution in [1.29, 1.82) is 0 Å². The summed E-state index contributed by atoms with van der Waals surface area (Å²) in [7, 11) is 0. The Kier molecular flexibility index (Phi) is 3.06. The van der Waals surface area contributed by atoms with E-state index in [1.807, 2.05) is 6.07 Å². The summed E-state index contributed by atoms with van der Waals surface area (Å²) in [6, 6.07) is 3.81. The minimum Gasteiger partial charge on any atom is -0.330 e. The van der Waals surface area contributed by atoms with Crippen molar-refractivity contribution in [3.05, 3.63) is 27.2 Å². The first-order valence-corrected chi connectivity index (χ1v) is 7.41. The monoisotopic (exact) mass is 328 g/mol. The predicted octanol–water partition coefficient (Wildman–Crippen LogP) is 4.96. The SMILES string of the molecule is CCCC1CC1n1c(=S)[nH]c2cc(F)c(Br)cc21. The maximum Gasteiger partial charge on any atom is 0.178 e. The molecule has 0 saturated heterocycles. The molecule has 2 nitrogen and oxygen atoms in total. The van der Waals surface area contributed by atoms with E-state index in [0.29, 0.717) is 15.3 Å². The first-order valence-electron chi connectivity index (χ1n) is 6.21. The fourth-order valence-electron chi connectivity index (χ4n) is 2.68. The van der Waals surface area contributed by atoms with Gasteiger partial charge in [-0.15, -0.1) is 0 Å². The molecule has 0 aliphatic heterocycles. The summed E-state index contributed by atoms with van der Waals surface area (Å²) in [6.45, 7) is 2.20. The average Bonchev–Trinajstić information content (AvgIpc) is 2.98. The molecule has 1 aliphatic rings. The molecule has 5 heteroatoms. The Morgan fingerprint density at radius 1 is 1.56 bits per heavy atom. The topological polar surface area (TPSA) is 20.7 Å². The number of fused-ring (bicyclic) bond motifs is 1. The fraction of sp³-hybridized carbons (Fsp3) is 0.462. The molecule has 0 spiro atoms. The molecule has 2 aromatic rings. The maximum absolute atomic E-state index is 13.5. The average molecular weight is 329 g/mol. The Balaban J connectivity index is 2.10. The first-order chi connectivity index (χ1) is 8.61. The van der Waals surface area contributed by atoms with E-state index in [4.69, 9.17) is 12.2 Å². The van der Waals surface area contributed by atoms with E-state index >= 15 is 0 Å². The van der Waals surface area contributed by atoms with Gasteiger partial charge in [-0.3, -0.25) is 0 Å². The third kappa shape index (κ3) is 1.93. The van der Waals surface area contributed by atoms with Gasteiger partial charge < -0.3 is 9.55 Å². The number of benzene rings is 1. The summed E-state index contributed by atoms with van der Waals surface area (Å²) >= 11 is 8.60. The summed E-state index contributed by atoms with van der Waals surface area (Å²) in [6.07, 6.45) is 3.63. The van der Waals surface area contributed by atoms with Crippen LogP contribution in [0.25, 0.3) is 11.0 Å². The quantitative estimate of drug-likeness (QED) is 0.789. The number of imidazole rings is 1. The summed E-state index contributed by atoms with van der Waals surface area (Å²) in [5.74, 6) is 0.469. The molecule has 96 valence electrons. The summed E-state index contributed by atoms with van der Waals surface area (Å²) in [5.41, 5.74) is 1.78. The number of nitrogens with one attached hydrogen (secondary N) is 1. The zero-order valence-corrected chi connectivity index (χ0v) is 12.4. The van der Waals surface area contributed by atoms with Gasteiger partial charge in [0.15, 0.2) is 4.77 Å². The largest absolute Gasteiger partial charge is 0.330 e. The molecule has 2 atom stereocenters. The second-order valence-electron chi connectivity index (χ2n) is 4.94. The lowest BCUT2D eigenvalue weighted by Gasteiger charge is -2.04. The van der Waals surface area contributed by atoms with Crippen LogP contribution in [0.5, 0.6) is 0 Å². The van der Waals surface area contributed by atoms with E-state index < -0.39 is 0 Å². The Hall–Kier alpha value is -0.680. The molecular weight excluding hydrogens is 315 g/mol. The number of H-pyrrole nitrogens is 1. The number of nitrogens with zero attached hydrogens (tertiary/aromatic N) is 1. The van der Waals surface area contributed by atoms with Crippen LogP contribution < -0.4 is 0 Å².